The molecule has 2 fully saturated rings. The van der Waals surface area contributed by atoms with Crippen molar-refractivity contribution in [2.24, 2.45) is 11.8 Å². The molecule has 11 heteroatoms. The lowest BCUT2D eigenvalue weighted by Crippen LogP contribution is -2.44. The molecule has 0 unspecified atom stereocenters. The van der Waals surface area contributed by atoms with Crippen molar-refractivity contribution in [3.63, 3.8) is 0 Å². The van der Waals surface area contributed by atoms with Crippen molar-refractivity contribution < 1.29 is 36.2 Å². The van der Waals surface area contributed by atoms with Crippen LogP contribution in [0.25, 0.3) is 0 Å². The molecule has 0 aliphatic carbocycles. The lowest BCUT2D eigenvalue weighted by molar-refractivity contribution is -0.192. The topological polar surface area (TPSA) is 95.9 Å². The Balaban J connectivity index is 0.000000396. The summed E-state index contributed by atoms with van der Waals surface area (Å²) in [6.07, 6.45) is -2.76. The number of hydrogen-bond donors (Lipinski definition) is 2. The van der Waals surface area contributed by atoms with E-state index in [2.05, 4.69) is 40.8 Å². The van der Waals surface area contributed by atoms with E-state index in [1.54, 1.807) is 0 Å². The third-order valence-corrected chi connectivity index (χ3v) is 5.90. The van der Waals surface area contributed by atoms with Gasteiger partial charge in [-0.3, -0.25) is 4.90 Å². The SMILES string of the molecule is Cc1ccc(CN2CC[C@H]3CO[C@H](CNS(C)(=O)=O)[C@H]3C2)cc1.O=C(O)C(F)(F)F. The Morgan fingerprint density at radius 1 is 1.30 bits per heavy atom. The average Bonchev–Trinajstić information content (AvgIpc) is 3.03. The van der Waals surface area contributed by atoms with Crippen molar-refractivity contribution in [2.75, 3.05) is 32.5 Å². The van der Waals surface area contributed by atoms with Gasteiger partial charge in [0, 0.05) is 25.6 Å². The number of aliphatic carboxylic acids is 1. The van der Waals surface area contributed by atoms with E-state index >= 15 is 0 Å². The summed E-state index contributed by atoms with van der Waals surface area (Å²) in [6.45, 7) is 6.27. The highest BCUT2D eigenvalue weighted by atomic mass is 32.2. The molecule has 2 aliphatic rings. The Hall–Kier alpha value is -1.69. The molecule has 3 atom stereocenters. The zero-order valence-electron chi connectivity index (χ0n) is 16.9. The zero-order valence-corrected chi connectivity index (χ0v) is 17.7. The Labute approximate surface area is 174 Å². The summed E-state index contributed by atoms with van der Waals surface area (Å²) in [4.78, 5) is 11.4. The maximum Gasteiger partial charge on any atom is 0.490 e. The number of aryl methyl sites for hydroxylation is 1. The monoisotopic (exact) mass is 452 g/mol. The lowest BCUT2D eigenvalue weighted by Gasteiger charge is -2.36. The Morgan fingerprint density at radius 2 is 1.90 bits per heavy atom. The predicted octanol–water partition coefficient (Wildman–Crippen LogP) is 2.01. The molecular weight excluding hydrogens is 425 g/mol. The summed E-state index contributed by atoms with van der Waals surface area (Å²) < 4.78 is 62.8. The minimum atomic E-state index is -5.08. The number of rotatable bonds is 5. The highest BCUT2D eigenvalue weighted by Crippen LogP contribution is 2.34. The number of nitrogens with one attached hydrogen (secondary N) is 1. The number of hydrogen-bond acceptors (Lipinski definition) is 5. The lowest BCUT2D eigenvalue weighted by atomic mass is 9.84. The molecule has 3 rings (SSSR count). The minimum Gasteiger partial charge on any atom is -0.475 e. The van der Waals surface area contributed by atoms with Crippen LogP contribution in [0.1, 0.15) is 17.5 Å². The number of carboxylic acid groups (broad SMARTS) is 1. The van der Waals surface area contributed by atoms with E-state index in [4.69, 9.17) is 14.6 Å². The van der Waals surface area contributed by atoms with Gasteiger partial charge < -0.3 is 9.84 Å². The van der Waals surface area contributed by atoms with Crippen LogP contribution in [0.15, 0.2) is 24.3 Å². The fraction of sp³-hybridized carbons (Fsp3) is 0.632. The number of benzene rings is 1. The maximum absolute atomic E-state index is 11.3. The number of halogens is 3. The second kappa shape index (κ2) is 10.1. The van der Waals surface area contributed by atoms with E-state index in [-0.39, 0.29) is 6.10 Å². The molecule has 1 aromatic rings. The largest absolute Gasteiger partial charge is 0.490 e. The van der Waals surface area contributed by atoms with E-state index in [1.807, 2.05) is 0 Å². The first kappa shape index (κ1) is 24.6. The van der Waals surface area contributed by atoms with Crippen molar-refractivity contribution in [1.29, 1.82) is 0 Å². The van der Waals surface area contributed by atoms with Crippen molar-refractivity contribution in [3.05, 3.63) is 35.4 Å². The van der Waals surface area contributed by atoms with Crippen LogP contribution < -0.4 is 4.72 Å². The third-order valence-electron chi connectivity index (χ3n) is 5.21. The quantitative estimate of drug-likeness (QED) is 0.710. The molecule has 170 valence electrons. The summed E-state index contributed by atoms with van der Waals surface area (Å²) >= 11 is 0. The van der Waals surface area contributed by atoms with Crippen LogP contribution in [-0.4, -0.2) is 69.2 Å². The molecule has 2 aliphatic heterocycles. The van der Waals surface area contributed by atoms with Crippen molar-refractivity contribution >= 4 is 16.0 Å². The normalized spacial score (nSPS) is 24.6. The molecule has 1 aromatic carbocycles. The van der Waals surface area contributed by atoms with Crippen LogP contribution in [0.2, 0.25) is 0 Å². The average molecular weight is 452 g/mol. The Morgan fingerprint density at radius 3 is 2.43 bits per heavy atom. The summed E-state index contributed by atoms with van der Waals surface area (Å²) in [6, 6.07) is 8.68. The van der Waals surface area contributed by atoms with E-state index in [1.165, 1.54) is 17.4 Å². The number of sulfonamides is 1. The van der Waals surface area contributed by atoms with Gasteiger partial charge in [0.2, 0.25) is 10.0 Å². The van der Waals surface area contributed by atoms with Crippen molar-refractivity contribution in [1.82, 2.24) is 9.62 Å². The summed E-state index contributed by atoms with van der Waals surface area (Å²) in [5.41, 5.74) is 2.61. The van der Waals surface area contributed by atoms with Gasteiger partial charge >= 0.3 is 12.1 Å². The number of alkyl halides is 3. The van der Waals surface area contributed by atoms with Gasteiger partial charge in [0.1, 0.15) is 0 Å². The molecule has 2 saturated heterocycles. The number of carboxylic acids is 1. The van der Waals surface area contributed by atoms with Gasteiger partial charge in [0.15, 0.2) is 0 Å². The Bertz CT molecular complexity index is 814. The van der Waals surface area contributed by atoms with Gasteiger partial charge in [-0.05, 0) is 31.4 Å². The molecule has 30 heavy (non-hydrogen) atoms. The van der Waals surface area contributed by atoms with Crippen molar-refractivity contribution in [2.45, 2.75) is 32.2 Å². The van der Waals surface area contributed by atoms with E-state index < -0.39 is 22.2 Å². The summed E-state index contributed by atoms with van der Waals surface area (Å²) in [7, 11) is -3.16. The molecule has 0 bridgehead atoms. The molecule has 0 aromatic heterocycles. The molecule has 2 N–H and O–H groups in total. The van der Waals surface area contributed by atoms with Gasteiger partial charge in [-0.15, -0.1) is 0 Å². The molecule has 7 nitrogen and oxygen atoms in total. The first-order chi connectivity index (χ1) is 13.8. The summed E-state index contributed by atoms with van der Waals surface area (Å²) in [5.74, 6) is -1.77. The molecule has 0 spiro atoms. The fourth-order valence-corrected chi connectivity index (χ4v) is 4.11. The second-order valence-electron chi connectivity index (χ2n) is 7.73. The molecule has 0 saturated carbocycles. The maximum atomic E-state index is 11.3. The number of nitrogens with zero attached hydrogens (tertiary/aromatic N) is 1. The van der Waals surface area contributed by atoms with Gasteiger partial charge in [-0.2, -0.15) is 13.2 Å². The standard InChI is InChI=1S/C17H26N2O3S.C2HF3O2/c1-13-3-5-14(6-4-13)10-19-8-7-15-12-22-17(16(15)11-19)9-18-23(2,20)21;3-2(4,5)1(6)7/h3-6,15-18H,7-12H2,1-2H3;(H,6,7)/t15-,16-,17+;/m0./s1. The summed E-state index contributed by atoms with van der Waals surface area (Å²) in [5, 5.41) is 7.12. The van der Waals surface area contributed by atoms with Gasteiger partial charge in [0.25, 0.3) is 0 Å². The van der Waals surface area contributed by atoms with Crippen LogP contribution in [0.3, 0.4) is 0 Å². The molecule has 2 heterocycles. The number of piperidine rings is 1. The van der Waals surface area contributed by atoms with Gasteiger partial charge in [-0.25, -0.2) is 17.9 Å². The number of carbonyl (C=O) groups is 1. The first-order valence-corrected chi connectivity index (χ1v) is 11.4. The van der Waals surface area contributed by atoms with E-state index in [0.717, 1.165) is 32.7 Å². The Kier molecular flexibility index (Phi) is 8.26. The number of ether oxygens (including phenoxy) is 1. The number of likely N-dealkylation sites (tertiary alicyclic amines) is 1. The molecular formula is C19H27F3N2O5S. The highest BCUT2D eigenvalue weighted by Gasteiger charge is 2.41. The third kappa shape index (κ3) is 7.86. The van der Waals surface area contributed by atoms with Crippen LogP contribution >= 0.6 is 0 Å². The van der Waals surface area contributed by atoms with Crippen LogP contribution in [0.5, 0.6) is 0 Å². The second-order valence-corrected chi connectivity index (χ2v) is 9.56. The number of fused-ring (bicyclic) bond motifs is 1. The van der Waals surface area contributed by atoms with Crippen molar-refractivity contribution in [3.8, 4) is 0 Å². The molecule has 0 amide bonds. The molecule has 0 radical (unpaired) electrons. The smallest absolute Gasteiger partial charge is 0.475 e. The van der Waals surface area contributed by atoms with E-state index in [0.29, 0.717) is 18.4 Å². The first-order valence-electron chi connectivity index (χ1n) is 9.49. The zero-order chi connectivity index (χ0) is 22.5. The van der Waals surface area contributed by atoms with Gasteiger partial charge in [-0.1, -0.05) is 29.8 Å². The van der Waals surface area contributed by atoms with Crippen LogP contribution in [0, 0.1) is 18.8 Å². The van der Waals surface area contributed by atoms with Crippen LogP contribution in [-0.2, 0) is 26.1 Å². The predicted molar refractivity (Wildman–Crippen MR) is 104 cm³/mol. The van der Waals surface area contributed by atoms with Gasteiger partial charge in [0.05, 0.1) is 19.0 Å². The highest BCUT2D eigenvalue weighted by molar-refractivity contribution is 7.88. The van der Waals surface area contributed by atoms with Crippen LogP contribution in [0.4, 0.5) is 13.2 Å². The van der Waals surface area contributed by atoms with E-state index in [9.17, 15) is 21.6 Å². The fourth-order valence-electron chi connectivity index (χ4n) is 3.64. The minimum absolute atomic E-state index is 0.00413.